The van der Waals surface area contributed by atoms with E-state index in [1.807, 2.05) is 6.08 Å². The lowest BCUT2D eigenvalue weighted by molar-refractivity contribution is 0.200. The van der Waals surface area contributed by atoms with Crippen LogP contribution in [0.2, 0.25) is 0 Å². The quantitative estimate of drug-likeness (QED) is 0.590. The SMILES string of the molecule is C=CC(C)NC1(C)CCC1. The van der Waals surface area contributed by atoms with Crippen molar-refractivity contribution in [2.75, 3.05) is 0 Å². The molecule has 1 atom stereocenters. The summed E-state index contributed by atoms with van der Waals surface area (Å²) in [4.78, 5) is 0. The van der Waals surface area contributed by atoms with Crippen molar-refractivity contribution in [2.45, 2.75) is 44.7 Å². The second-order valence-electron chi connectivity index (χ2n) is 3.58. The van der Waals surface area contributed by atoms with E-state index < -0.39 is 0 Å². The van der Waals surface area contributed by atoms with Crippen LogP contribution in [0.3, 0.4) is 0 Å². The lowest BCUT2D eigenvalue weighted by Crippen LogP contribution is -2.51. The average Bonchev–Trinajstić information content (AvgIpc) is 1.84. The van der Waals surface area contributed by atoms with Crippen LogP contribution in [0.5, 0.6) is 0 Å². The molecule has 1 aliphatic carbocycles. The first-order valence-corrected chi connectivity index (χ1v) is 4.06. The van der Waals surface area contributed by atoms with E-state index in [1.165, 1.54) is 19.3 Å². The summed E-state index contributed by atoms with van der Waals surface area (Å²) in [7, 11) is 0. The van der Waals surface area contributed by atoms with E-state index in [2.05, 4.69) is 25.7 Å². The Labute approximate surface area is 63.5 Å². The van der Waals surface area contributed by atoms with Crippen molar-refractivity contribution in [3.63, 3.8) is 0 Å². The fourth-order valence-corrected chi connectivity index (χ4v) is 1.46. The molecule has 0 heterocycles. The minimum atomic E-state index is 0.424. The van der Waals surface area contributed by atoms with Crippen LogP contribution >= 0.6 is 0 Å². The lowest BCUT2D eigenvalue weighted by Gasteiger charge is -2.41. The first kappa shape index (κ1) is 7.80. The van der Waals surface area contributed by atoms with Crippen LogP contribution in [0.25, 0.3) is 0 Å². The predicted octanol–water partition coefficient (Wildman–Crippen LogP) is 2.09. The fraction of sp³-hybridized carbons (Fsp3) is 0.778. The second-order valence-corrected chi connectivity index (χ2v) is 3.58. The highest BCUT2D eigenvalue weighted by Crippen LogP contribution is 2.31. The van der Waals surface area contributed by atoms with Gasteiger partial charge in [-0.3, -0.25) is 0 Å². The molecule has 1 fully saturated rings. The minimum Gasteiger partial charge on any atom is -0.306 e. The van der Waals surface area contributed by atoms with Crippen molar-refractivity contribution in [1.82, 2.24) is 5.32 Å². The molecule has 0 bridgehead atoms. The Morgan fingerprint density at radius 2 is 2.20 bits per heavy atom. The number of hydrogen-bond acceptors (Lipinski definition) is 1. The van der Waals surface area contributed by atoms with E-state index in [-0.39, 0.29) is 0 Å². The average molecular weight is 139 g/mol. The van der Waals surface area contributed by atoms with Crippen LogP contribution in [0, 0.1) is 0 Å². The molecular weight excluding hydrogens is 122 g/mol. The summed E-state index contributed by atoms with van der Waals surface area (Å²) in [5.41, 5.74) is 0.424. The van der Waals surface area contributed by atoms with Crippen LogP contribution in [0.1, 0.15) is 33.1 Å². The topological polar surface area (TPSA) is 12.0 Å². The molecule has 0 aromatic carbocycles. The summed E-state index contributed by atoms with van der Waals surface area (Å²) < 4.78 is 0. The Hall–Kier alpha value is -0.300. The zero-order valence-corrected chi connectivity index (χ0v) is 6.98. The minimum absolute atomic E-state index is 0.424. The maximum atomic E-state index is 3.74. The molecule has 58 valence electrons. The Kier molecular flexibility index (Phi) is 2.14. The molecular formula is C9H17N. The molecule has 0 aromatic rings. The molecule has 1 N–H and O–H groups in total. The van der Waals surface area contributed by atoms with E-state index in [0.717, 1.165) is 0 Å². The van der Waals surface area contributed by atoms with Gasteiger partial charge in [-0.25, -0.2) is 0 Å². The van der Waals surface area contributed by atoms with Gasteiger partial charge >= 0.3 is 0 Å². The van der Waals surface area contributed by atoms with Gasteiger partial charge in [-0.2, -0.15) is 0 Å². The lowest BCUT2D eigenvalue weighted by atomic mass is 9.78. The maximum absolute atomic E-state index is 3.74. The maximum Gasteiger partial charge on any atom is 0.0224 e. The van der Waals surface area contributed by atoms with Crippen molar-refractivity contribution in [3.8, 4) is 0 Å². The molecule has 0 aliphatic heterocycles. The first-order chi connectivity index (χ1) is 4.66. The Bertz CT molecular complexity index is 125. The van der Waals surface area contributed by atoms with E-state index in [0.29, 0.717) is 11.6 Å². The van der Waals surface area contributed by atoms with E-state index in [4.69, 9.17) is 0 Å². The number of nitrogens with one attached hydrogen (secondary N) is 1. The molecule has 0 spiro atoms. The van der Waals surface area contributed by atoms with Gasteiger partial charge < -0.3 is 5.32 Å². The van der Waals surface area contributed by atoms with E-state index in [1.54, 1.807) is 0 Å². The standard InChI is InChI=1S/C9H17N/c1-4-8(2)10-9(3)6-5-7-9/h4,8,10H,1,5-7H2,2-3H3. The largest absolute Gasteiger partial charge is 0.306 e. The normalized spacial score (nSPS) is 25.0. The molecule has 0 amide bonds. The summed E-state index contributed by atoms with van der Waals surface area (Å²) in [6.07, 6.45) is 5.99. The van der Waals surface area contributed by atoms with Gasteiger partial charge in [0.1, 0.15) is 0 Å². The third-order valence-electron chi connectivity index (χ3n) is 2.39. The predicted molar refractivity (Wildman–Crippen MR) is 45.1 cm³/mol. The molecule has 1 nitrogen and oxygen atoms in total. The Morgan fingerprint density at radius 3 is 2.50 bits per heavy atom. The second kappa shape index (κ2) is 2.75. The smallest absolute Gasteiger partial charge is 0.0224 e. The molecule has 1 unspecified atom stereocenters. The summed E-state index contributed by atoms with van der Waals surface area (Å²) in [5.74, 6) is 0. The summed E-state index contributed by atoms with van der Waals surface area (Å²) in [6, 6.07) is 0.463. The summed E-state index contributed by atoms with van der Waals surface area (Å²) in [5, 5.41) is 3.52. The van der Waals surface area contributed by atoms with Crippen LogP contribution in [-0.4, -0.2) is 11.6 Å². The highest BCUT2D eigenvalue weighted by molar-refractivity contribution is 4.96. The third-order valence-corrected chi connectivity index (χ3v) is 2.39. The van der Waals surface area contributed by atoms with Gasteiger partial charge in [0.2, 0.25) is 0 Å². The molecule has 0 aromatic heterocycles. The van der Waals surface area contributed by atoms with Crippen molar-refractivity contribution >= 4 is 0 Å². The van der Waals surface area contributed by atoms with Crippen molar-refractivity contribution in [3.05, 3.63) is 12.7 Å². The van der Waals surface area contributed by atoms with Gasteiger partial charge in [-0.15, -0.1) is 6.58 Å². The fourth-order valence-electron chi connectivity index (χ4n) is 1.46. The summed E-state index contributed by atoms with van der Waals surface area (Å²) in [6.45, 7) is 8.18. The van der Waals surface area contributed by atoms with Crippen LogP contribution in [0.15, 0.2) is 12.7 Å². The molecule has 1 saturated carbocycles. The molecule has 10 heavy (non-hydrogen) atoms. The van der Waals surface area contributed by atoms with Gasteiger partial charge in [-0.1, -0.05) is 6.08 Å². The van der Waals surface area contributed by atoms with Gasteiger partial charge in [0.25, 0.3) is 0 Å². The first-order valence-electron chi connectivity index (χ1n) is 4.06. The van der Waals surface area contributed by atoms with Gasteiger partial charge in [0, 0.05) is 11.6 Å². The van der Waals surface area contributed by atoms with E-state index >= 15 is 0 Å². The Morgan fingerprint density at radius 1 is 1.60 bits per heavy atom. The zero-order valence-electron chi connectivity index (χ0n) is 6.98. The van der Waals surface area contributed by atoms with Crippen LogP contribution in [0.4, 0.5) is 0 Å². The van der Waals surface area contributed by atoms with Gasteiger partial charge in [-0.05, 0) is 33.1 Å². The van der Waals surface area contributed by atoms with Crippen LogP contribution in [-0.2, 0) is 0 Å². The molecule has 1 aliphatic rings. The van der Waals surface area contributed by atoms with Gasteiger partial charge in [0.05, 0.1) is 0 Å². The third kappa shape index (κ3) is 1.60. The summed E-state index contributed by atoms with van der Waals surface area (Å²) >= 11 is 0. The highest BCUT2D eigenvalue weighted by atomic mass is 15.0. The molecule has 1 heteroatoms. The highest BCUT2D eigenvalue weighted by Gasteiger charge is 2.31. The van der Waals surface area contributed by atoms with Gasteiger partial charge in [0.15, 0.2) is 0 Å². The number of rotatable bonds is 3. The van der Waals surface area contributed by atoms with Crippen molar-refractivity contribution in [2.24, 2.45) is 0 Å². The monoisotopic (exact) mass is 139 g/mol. The molecule has 0 radical (unpaired) electrons. The zero-order chi connectivity index (χ0) is 7.61. The molecule has 1 rings (SSSR count). The van der Waals surface area contributed by atoms with Crippen molar-refractivity contribution < 1.29 is 0 Å². The molecule has 0 saturated heterocycles. The number of hydrogen-bond donors (Lipinski definition) is 1. The van der Waals surface area contributed by atoms with Crippen LogP contribution < -0.4 is 5.32 Å². The van der Waals surface area contributed by atoms with Crippen molar-refractivity contribution in [1.29, 1.82) is 0 Å². The van der Waals surface area contributed by atoms with E-state index in [9.17, 15) is 0 Å². The Balaban J connectivity index is 2.29.